The van der Waals surface area contributed by atoms with Gasteiger partial charge < -0.3 is 4.90 Å². The molecule has 0 aliphatic carbocycles. The summed E-state index contributed by atoms with van der Waals surface area (Å²) < 4.78 is 14.9. The third-order valence-electron chi connectivity index (χ3n) is 4.77. The Morgan fingerprint density at radius 3 is 2.41 bits per heavy atom. The van der Waals surface area contributed by atoms with Crippen LogP contribution in [0.3, 0.4) is 0 Å². The zero-order valence-electron chi connectivity index (χ0n) is 17.0. The van der Waals surface area contributed by atoms with Gasteiger partial charge in [-0.2, -0.15) is 5.10 Å². The highest BCUT2D eigenvalue weighted by atomic mass is 32.2. The number of rotatable bonds is 6. The first kappa shape index (κ1) is 20.9. The molecule has 0 aliphatic rings. The van der Waals surface area contributed by atoms with E-state index in [-0.39, 0.29) is 11.7 Å². The van der Waals surface area contributed by atoms with Crippen LogP contribution < -0.4 is 0 Å². The van der Waals surface area contributed by atoms with Gasteiger partial charge in [0.1, 0.15) is 5.82 Å². The Balaban J connectivity index is 1.73. The molecular weight excluding hydrogens is 385 g/mol. The van der Waals surface area contributed by atoms with Crippen molar-refractivity contribution in [1.29, 1.82) is 0 Å². The molecule has 0 N–H and O–H groups in total. The number of nitrogens with zero attached hydrogens (tertiary/aromatic N) is 3. The summed E-state index contributed by atoms with van der Waals surface area (Å²) in [6, 6.07) is 14.4. The molecule has 0 saturated carbocycles. The lowest BCUT2D eigenvalue weighted by Gasteiger charge is -2.15. The molecule has 0 aliphatic heterocycles. The lowest BCUT2D eigenvalue weighted by Crippen LogP contribution is -2.24. The molecule has 29 heavy (non-hydrogen) atoms. The molecule has 4 nitrogen and oxygen atoms in total. The van der Waals surface area contributed by atoms with Crippen LogP contribution >= 0.6 is 11.8 Å². The largest absolute Gasteiger partial charge is 0.338 e. The van der Waals surface area contributed by atoms with Gasteiger partial charge in [-0.15, -0.1) is 11.8 Å². The molecular formula is C23H24FN3OS. The Bertz CT molecular complexity index is 1020. The van der Waals surface area contributed by atoms with E-state index in [1.807, 2.05) is 32.2 Å². The van der Waals surface area contributed by atoms with Gasteiger partial charge in [0.2, 0.25) is 5.91 Å². The number of likely N-dealkylation sites (N-methyl/N-ethyl adjacent to an activating group) is 1. The van der Waals surface area contributed by atoms with Gasteiger partial charge in [-0.25, -0.2) is 9.07 Å². The van der Waals surface area contributed by atoms with E-state index < -0.39 is 0 Å². The molecule has 2 aromatic carbocycles. The van der Waals surface area contributed by atoms with Crippen LogP contribution in [0.1, 0.15) is 22.5 Å². The number of aryl methyl sites for hydroxylation is 1. The van der Waals surface area contributed by atoms with Crippen molar-refractivity contribution in [2.24, 2.45) is 0 Å². The summed E-state index contributed by atoms with van der Waals surface area (Å²) in [4.78, 5) is 15.4. The molecule has 1 aromatic heterocycles. The van der Waals surface area contributed by atoms with Crippen LogP contribution in [-0.2, 0) is 11.3 Å². The molecule has 0 radical (unpaired) electrons. The third kappa shape index (κ3) is 4.95. The monoisotopic (exact) mass is 409 g/mol. The van der Waals surface area contributed by atoms with Crippen molar-refractivity contribution in [1.82, 2.24) is 14.7 Å². The fourth-order valence-electron chi connectivity index (χ4n) is 3.09. The van der Waals surface area contributed by atoms with Crippen molar-refractivity contribution in [3.63, 3.8) is 0 Å². The summed E-state index contributed by atoms with van der Waals surface area (Å²) in [5.41, 5.74) is 4.47. The van der Waals surface area contributed by atoms with E-state index in [0.717, 1.165) is 28.2 Å². The first-order valence-corrected chi connectivity index (χ1v) is 10.5. The van der Waals surface area contributed by atoms with Crippen molar-refractivity contribution in [2.45, 2.75) is 25.3 Å². The van der Waals surface area contributed by atoms with Gasteiger partial charge in [-0.05, 0) is 68.1 Å². The number of halogens is 1. The van der Waals surface area contributed by atoms with Gasteiger partial charge in [-0.3, -0.25) is 4.79 Å². The van der Waals surface area contributed by atoms with Crippen molar-refractivity contribution in [3.8, 4) is 5.69 Å². The van der Waals surface area contributed by atoms with Gasteiger partial charge in [0, 0.05) is 35.8 Å². The lowest BCUT2D eigenvalue weighted by molar-refractivity contribution is -0.125. The van der Waals surface area contributed by atoms with Gasteiger partial charge >= 0.3 is 0 Å². The highest BCUT2D eigenvalue weighted by Gasteiger charge is 2.12. The Labute approximate surface area is 175 Å². The van der Waals surface area contributed by atoms with E-state index in [0.29, 0.717) is 6.54 Å². The second kappa shape index (κ2) is 9.09. The molecule has 0 saturated heterocycles. The highest BCUT2D eigenvalue weighted by molar-refractivity contribution is 7.98. The molecule has 3 rings (SSSR count). The average molecular weight is 410 g/mol. The molecule has 150 valence electrons. The maximum Gasteiger partial charge on any atom is 0.246 e. The number of hydrogen-bond donors (Lipinski definition) is 0. The van der Waals surface area contributed by atoms with Crippen molar-refractivity contribution in [2.75, 3.05) is 13.3 Å². The molecule has 3 aromatic rings. The maximum absolute atomic E-state index is 13.2. The minimum absolute atomic E-state index is 0.0766. The number of carbonyl (C=O) groups is 1. The lowest BCUT2D eigenvalue weighted by atomic mass is 10.1. The zero-order chi connectivity index (χ0) is 21.0. The fourth-order valence-corrected chi connectivity index (χ4v) is 3.50. The number of thioether (sulfide) groups is 1. The maximum atomic E-state index is 13.2. The van der Waals surface area contributed by atoms with Crippen LogP contribution in [0.5, 0.6) is 0 Å². The Hall–Kier alpha value is -2.86. The van der Waals surface area contributed by atoms with E-state index in [1.165, 1.54) is 17.0 Å². The predicted molar refractivity (Wildman–Crippen MR) is 117 cm³/mol. The standard InChI is InChI=1S/C23H24FN3OS/c1-16-22(17(2)27(25-16)20-9-7-19(24)8-10-20)13-14-23(28)26(3)15-18-5-11-21(29-4)12-6-18/h5-14H,15H2,1-4H3/b14-13+. The van der Waals surface area contributed by atoms with Crippen LogP contribution in [0.15, 0.2) is 59.5 Å². The quantitative estimate of drug-likeness (QED) is 0.424. The number of benzene rings is 2. The molecule has 0 spiro atoms. The minimum atomic E-state index is -0.285. The smallest absolute Gasteiger partial charge is 0.246 e. The van der Waals surface area contributed by atoms with Crippen molar-refractivity contribution >= 4 is 23.7 Å². The van der Waals surface area contributed by atoms with Gasteiger partial charge in [-0.1, -0.05) is 12.1 Å². The summed E-state index contributed by atoms with van der Waals surface area (Å²) in [6.45, 7) is 4.38. The van der Waals surface area contributed by atoms with Gasteiger partial charge in [0.25, 0.3) is 0 Å². The number of hydrogen-bond acceptors (Lipinski definition) is 3. The Morgan fingerprint density at radius 2 is 1.79 bits per heavy atom. The van der Waals surface area contributed by atoms with Crippen LogP contribution in [0.4, 0.5) is 4.39 Å². The van der Waals surface area contributed by atoms with Crippen LogP contribution in [0, 0.1) is 19.7 Å². The summed E-state index contributed by atoms with van der Waals surface area (Å²) in [5.74, 6) is -0.362. The fraction of sp³-hybridized carbons (Fsp3) is 0.217. The predicted octanol–water partition coefficient (Wildman–Crippen LogP) is 5.02. The van der Waals surface area contributed by atoms with Crippen molar-refractivity contribution < 1.29 is 9.18 Å². The van der Waals surface area contributed by atoms with E-state index >= 15 is 0 Å². The van der Waals surface area contributed by atoms with Gasteiger partial charge in [0.15, 0.2) is 0 Å². The molecule has 1 amide bonds. The summed E-state index contributed by atoms with van der Waals surface area (Å²) in [7, 11) is 1.79. The van der Waals surface area contributed by atoms with Crippen molar-refractivity contribution in [3.05, 3.63) is 82.9 Å². The summed E-state index contributed by atoms with van der Waals surface area (Å²) >= 11 is 1.69. The molecule has 1 heterocycles. The second-order valence-electron chi connectivity index (χ2n) is 6.85. The van der Waals surface area contributed by atoms with E-state index in [4.69, 9.17) is 0 Å². The number of carbonyl (C=O) groups excluding carboxylic acids is 1. The highest BCUT2D eigenvalue weighted by Crippen LogP contribution is 2.20. The molecule has 0 atom stereocenters. The minimum Gasteiger partial charge on any atom is -0.338 e. The normalized spacial score (nSPS) is 11.2. The molecule has 0 fully saturated rings. The topological polar surface area (TPSA) is 38.1 Å². The molecule has 0 bridgehead atoms. The average Bonchev–Trinajstić information content (AvgIpc) is 3.00. The summed E-state index contributed by atoms with van der Waals surface area (Å²) in [6.07, 6.45) is 5.41. The first-order chi connectivity index (χ1) is 13.9. The van der Waals surface area contributed by atoms with E-state index in [2.05, 4.69) is 17.2 Å². The zero-order valence-corrected chi connectivity index (χ0v) is 17.8. The van der Waals surface area contributed by atoms with Crippen LogP contribution in [-0.4, -0.2) is 33.9 Å². The molecule has 6 heteroatoms. The van der Waals surface area contributed by atoms with Crippen LogP contribution in [0.25, 0.3) is 11.8 Å². The second-order valence-corrected chi connectivity index (χ2v) is 7.73. The van der Waals surface area contributed by atoms with E-state index in [1.54, 1.807) is 52.7 Å². The third-order valence-corrected chi connectivity index (χ3v) is 5.51. The number of aromatic nitrogens is 2. The van der Waals surface area contributed by atoms with Crippen LogP contribution in [0.2, 0.25) is 0 Å². The summed E-state index contributed by atoms with van der Waals surface area (Å²) in [5, 5.41) is 4.53. The van der Waals surface area contributed by atoms with E-state index in [9.17, 15) is 9.18 Å². The molecule has 0 unspecified atom stereocenters. The Kier molecular flexibility index (Phi) is 6.54. The van der Waals surface area contributed by atoms with Gasteiger partial charge in [0.05, 0.1) is 11.4 Å². The first-order valence-electron chi connectivity index (χ1n) is 9.27. The Morgan fingerprint density at radius 1 is 1.14 bits per heavy atom. The SMILES string of the molecule is CSc1ccc(CN(C)C(=O)/C=C/c2c(C)nn(-c3ccc(F)cc3)c2C)cc1. The number of amides is 1.